The third-order valence-electron chi connectivity index (χ3n) is 5.57. The average Bonchev–Trinajstić information content (AvgIpc) is 3.54. The van der Waals surface area contributed by atoms with Gasteiger partial charge in [-0.2, -0.15) is 0 Å². The Morgan fingerprint density at radius 3 is 2.58 bits per heavy atom. The number of nitrogens with one attached hydrogen (secondary N) is 1. The van der Waals surface area contributed by atoms with Gasteiger partial charge in [-0.15, -0.1) is 0 Å². The second-order valence-electron chi connectivity index (χ2n) is 7.43. The number of hydrogen-bond donors (Lipinski definition) is 1. The Kier molecular flexibility index (Phi) is 6.00. The SMILES string of the molecule is COc1ccc(OCC2(c3ccccc3)CC2C(=O)Nc2cc(Cl)ccn2)cc1OC. The van der Waals surface area contributed by atoms with E-state index in [-0.39, 0.29) is 11.8 Å². The standard InChI is InChI=1S/C24H23ClN2O4/c1-29-20-9-8-18(13-21(20)30-2)31-15-24(16-6-4-3-5-7-16)14-19(24)23(28)27-22-12-17(25)10-11-26-22/h3-13,19H,14-15H2,1-2H3,(H,26,27,28). The lowest BCUT2D eigenvalue weighted by molar-refractivity contribution is -0.117. The number of pyridine rings is 1. The van der Waals surface area contributed by atoms with Gasteiger partial charge in [0, 0.05) is 22.7 Å². The molecule has 1 aliphatic carbocycles. The van der Waals surface area contributed by atoms with Gasteiger partial charge < -0.3 is 19.5 Å². The Hall–Kier alpha value is -3.25. The highest BCUT2D eigenvalue weighted by Gasteiger charge is 2.60. The maximum atomic E-state index is 13.0. The van der Waals surface area contributed by atoms with E-state index in [9.17, 15) is 4.79 Å². The third kappa shape index (κ3) is 4.44. The fraction of sp³-hybridized carbons (Fsp3) is 0.250. The first-order valence-electron chi connectivity index (χ1n) is 9.88. The molecule has 2 aromatic carbocycles. The molecule has 1 heterocycles. The first kappa shape index (κ1) is 21.0. The maximum Gasteiger partial charge on any atom is 0.229 e. The van der Waals surface area contributed by atoms with Crippen LogP contribution in [0.15, 0.2) is 66.9 Å². The molecule has 31 heavy (non-hydrogen) atoms. The lowest BCUT2D eigenvalue weighted by atomic mass is 9.93. The highest BCUT2D eigenvalue weighted by Crippen LogP contribution is 2.55. The van der Waals surface area contributed by atoms with Gasteiger partial charge in [0.05, 0.1) is 26.7 Å². The fourth-order valence-corrected chi connectivity index (χ4v) is 3.95. The van der Waals surface area contributed by atoms with Crippen molar-refractivity contribution in [2.75, 3.05) is 26.1 Å². The molecule has 160 valence electrons. The summed E-state index contributed by atoms with van der Waals surface area (Å²) >= 11 is 6.01. The molecule has 0 aliphatic heterocycles. The minimum atomic E-state index is -0.420. The van der Waals surface area contributed by atoms with Crippen molar-refractivity contribution in [1.29, 1.82) is 0 Å². The summed E-state index contributed by atoms with van der Waals surface area (Å²) in [7, 11) is 3.17. The van der Waals surface area contributed by atoms with E-state index in [2.05, 4.69) is 10.3 Å². The summed E-state index contributed by atoms with van der Waals surface area (Å²) in [5.41, 5.74) is 0.645. The van der Waals surface area contributed by atoms with Crippen molar-refractivity contribution in [2.24, 2.45) is 5.92 Å². The van der Waals surface area contributed by atoms with Gasteiger partial charge in [0.25, 0.3) is 0 Å². The number of halogens is 1. The predicted octanol–water partition coefficient (Wildman–Crippen LogP) is 4.73. The van der Waals surface area contributed by atoms with Crippen molar-refractivity contribution in [3.8, 4) is 17.2 Å². The van der Waals surface area contributed by atoms with Crippen molar-refractivity contribution in [1.82, 2.24) is 4.98 Å². The number of carbonyl (C=O) groups is 1. The monoisotopic (exact) mass is 438 g/mol. The second-order valence-corrected chi connectivity index (χ2v) is 7.87. The van der Waals surface area contributed by atoms with Crippen LogP contribution < -0.4 is 19.5 Å². The predicted molar refractivity (Wildman–Crippen MR) is 119 cm³/mol. The Labute approximate surface area is 186 Å². The topological polar surface area (TPSA) is 69.7 Å². The van der Waals surface area contributed by atoms with E-state index in [4.69, 9.17) is 25.8 Å². The fourth-order valence-electron chi connectivity index (χ4n) is 3.79. The summed E-state index contributed by atoms with van der Waals surface area (Å²) in [6, 6.07) is 18.7. The molecule has 0 spiro atoms. The van der Waals surface area contributed by atoms with E-state index in [0.29, 0.717) is 41.1 Å². The van der Waals surface area contributed by atoms with Crippen molar-refractivity contribution >= 4 is 23.3 Å². The molecule has 3 aromatic rings. The van der Waals surface area contributed by atoms with Gasteiger partial charge in [-0.1, -0.05) is 41.9 Å². The van der Waals surface area contributed by atoms with Gasteiger partial charge in [-0.25, -0.2) is 4.98 Å². The number of carbonyl (C=O) groups excluding carboxylic acids is 1. The molecule has 4 rings (SSSR count). The number of rotatable bonds is 8. The highest BCUT2D eigenvalue weighted by atomic mass is 35.5. The summed E-state index contributed by atoms with van der Waals surface area (Å²) in [6.07, 6.45) is 2.24. The Balaban J connectivity index is 1.53. The minimum absolute atomic E-state index is 0.102. The lowest BCUT2D eigenvalue weighted by Crippen LogP contribution is -2.26. The van der Waals surface area contributed by atoms with Crippen molar-refractivity contribution < 1.29 is 19.0 Å². The van der Waals surface area contributed by atoms with Gasteiger partial charge in [-0.05, 0) is 36.2 Å². The summed E-state index contributed by atoms with van der Waals surface area (Å²) in [4.78, 5) is 17.1. The first-order valence-corrected chi connectivity index (χ1v) is 10.3. The number of nitrogens with zero attached hydrogens (tertiary/aromatic N) is 1. The van der Waals surface area contributed by atoms with E-state index in [1.54, 1.807) is 44.7 Å². The van der Waals surface area contributed by atoms with Crippen LogP contribution in [0.1, 0.15) is 12.0 Å². The number of benzene rings is 2. The first-order chi connectivity index (χ1) is 15.1. The number of amides is 1. The van der Waals surface area contributed by atoms with Gasteiger partial charge in [-0.3, -0.25) is 4.79 Å². The van der Waals surface area contributed by atoms with E-state index in [1.807, 2.05) is 36.4 Å². The molecular weight excluding hydrogens is 416 g/mol. The zero-order chi connectivity index (χ0) is 21.8. The van der Waals surface area contributed by atoms with Crippen LogP contribution in [-0.2, 0) is 10.2 Å². The van der Waals surface area contributed by atoms with Crippen LogP contribution in [0.2, 0.25) is 5.02 Å². The molecule has 1 fully saturated rings. The van der Waals surface area contributed by atoms with Crippen LogP contribution >= 0.6 is 11.6 Å². The molecule has 1 aliphatic rings. The van der Waals surface area contributed by atoms with Crippen molar-refractivity contribution in [2.45, 2.75) is 11.8 Å². The number of hydrogen-bond acceptors (Lipinski definition) is 5. The van der Waals surface area contributed by atoms with E-state index < -0.39 is 5.41 Å². The lowest BCUT2D eigenvalue weighted by Gasteiger charge is -2.19. The van der Waals surface area contributed by atoms with Crippen molar-refractivity contribution in [3.05, 3.63) is 77.4 Å². The second kappa shape index (κ2) is 8.86. The Morgan fingerprint density at radius 2 is 1.87 bits per heavy atom. The molecule has 0 radical (unpaired) electrons. The molecule has 1 saturated carbocycles. The molecule has 1 aromatic heterocycles. The van der Waals surface area contributed by atoms with Crippen molar-refractivity contribution in [3.63, 3.8) is 0 Å². The van der Waals surface area contributed by atoms with Crippen LogP contribution in [0.5, 0.6) is 17.2 Å². The molecule has 1 amide bonds. The normalized spacial score (nSPS) is 19.4. The van der Waals surface area contributed by atoms with Crippen LogP contribution in [-0.4, -0.2) is 31.7 Å². The highest BCUT2D eigenvalue weighted by molar-refractivity contribution is 6.30. The van der Waals surface area contributed by atoms with Crippen LogP contribution in [0.3, 0.4) is 0 Å². The number of anilines is 1. The summed E-state index contributed by atoms with van der Waals surface area (Å²) in [6.45, 7) is 0.355. The maximum absolute atomic E-state index is 13.0. The minimum Gasteiger partial charge on any atom is -0.493 e. The van der Waals surface area contributed by atoms with Crippen LogP contribution in [0.4, 0.5) is 5.82 Å². The number of methoxy groups -OCH3 is 2. The molecule has 2 atom stereocenters. The van der Waals surface area contributed by atoms with E-state index in [0.717, 1.165) is 5.56 Å². The van der Waals surface area contributed by atoms with Crippen LogP contribution in [0, 0.1) is 5.92 Å². The van der Waals surface area contributed by atoms with E-state index >= 15 is 0 Å². The number of ether oxygens (including phenoxy) is 3. The zero-order valence-electron chi connectivity index (χ0n) is 17.3. The average molecular weight is 439 g/mol. The molecule has 7 heteroatoms. The molecular formula is C24H23ClN2O4. The summed E-state index contributed by atoms with van der Waals surface area (Å²) < 4.78 is 16.8. The summed E-state index contributed by atoms with van der Waals surface area (Å²) in [5, 5.41) is 3.39. The number of aromatic nitrogens is 1. The van der Waals surface area contributed by atoms with Gasteiger partial charge in [0.2, 0.25) is 5.91 Å². The Morgan fingerprint density at radius 1 is 1.10 bits per heavy atom. The van der Waals surface area contributed by atoms with E-state index in [1.165, 1.54) is 0 Å². The quantitative estimate of drug-likeness (QED) is 0.550. The molecule has 0 saturated heterocycles. The van der Waals surface area contributed by atoms with Gasteiger partial charge >= 0.3 is 0 Å². The zero-order valence-corrected chi connectivity index (χ0v) is 18.1. The summed E-state index contributed by atoms with van der Waals surface area (Å²) in [5.74, 6) is 1.96. The largest absolute Gasteiger partial charge is 0.493 e. The molecule has 0 bridgehead atoms. The third-order valence-corrected chi connectivity index (χ3v) is 5.80. The smallest absolute Gasteiger partial charge is 0.229 e. The van der Waals surface area contributed by atoms with Crippen LogP contribution in [0.25, 0.3) is 0 Å². The van der Waals surface area contributed by atoms with Gasteiger partial charge in [0.1, 0.15) is 11.6 Å². The molecule has 2 unspecified atom stereocenters. The Bertz CT molecular complexity index is 1080. The molecule has 1 N–H and O–H groups in total. The molecule has 6 nitrogen and oxygen atoms in total. The van der Waals surface area contributed by atoms with Gasteiger partial charge in [0.15, 0.2) is 11.5 Å².